The molecule has 0 N–H and O–H groups in total. The highest BCUT2D eigenvalue weighted by atomic mass is 32.1. The zero-order valence-corrected chi connectivity index (χ0v) is 17.8. The number of hydrogen-bond acceptors (Lipinski definition) is 7. The van der Waals surface area contributed by atoms with Crippen molar-refractivity contribution in [3.05, 3.63) is 33.4 Å². The van der Waals surface area contributed by atoms with E-state index in [0.29, 0.717) is 11.4 Å². The van der Waals surface area contributed by atoms with Gasteiger partial charge < -0.3 is 19.7 Å². The fourth-order valence-corrected chi connectivity index (χ4v) is 4.26. The summed E-state index contributed by atoms with van der Waals surface area (Å²) >= 11 is 8.59. The summed E-state index contributed by atoms with van der Waals surface area (Å²) in [5.74, 6) is 0.445. The fraction of sp³-hybridized carbons (Fsp3) is 0.667. The molecular formula is C18H26N2O4S2. The second kappa shape index (κ2) is 5.85. The minimum Gasteiger partial charge on any atom is -0.756 e. The number of hydroxylamine groups is 1. The summed E-state index contributed by atoms with van der Waals surface area (Å²) < 4.78 is 13.0. The number of ether oxygens (including phenoxy) is 2. The minimum absolute atomic E-state index is 0.223. The number of thiol groups is 2. The van der Waals surface area contributed by atoms with Crippen molar-refractivity contribution >= 4 is 36.6 Å². The molecule has 3 rings (SSSR count). The van der Waals surface area contributed by atoms with E-state index in [2.05, 4.69) is 25.3 Å². The highest BCUT2D eigenvalue weighted by molar-refractivity contribution is 7.80. The maximum Gasteiger partial charge on any atom is 0.327 e. The Morgan fingerprint density at radius 1 is 1.00 bits per heavy atom. The molecule has 2 aliphatic rings. The van der Waals surface area contributed by atoms with Crippen molar-refractivity contribution in [2.24, 2.45) is 0 Å². The van der Waals surface area contributed by atoms with Gasteiger partial charge in [-0.15, -0.1) is 0 Å². The van der Waals surface area contributed by atoms with E-state index in [-0.39, 0.29) is 11.5 Å². The predicted molar refractivity (Wildman–Crippen MR) is 108 cm³/mol. The summed E-state index contributed by atoms with van der Waals surface area (Å²) in [6.07, 6.45) is 0. The van der Waals surface area contributed by atoms with Crippen LogP contribution < -0.4 is 5.06 Å². The third-order valence-electron chi connectivity index (χ3n) is 5.24. The standard InChI is InChI=1S/C18H26N2O4S2/c1-15(2)11-7-12-14(8-13(11)19(21)17(5,9-25)23-15)20(22)18(6,10-26)24-16(12,3)4/h7-8,25-26H,9-10H2,1-6H3. The monoisotopic (exact) mass is 398 g/mol. The molecule has 0 saturated heterocycles. The predicted octanol–water partition coefficient (Wildman–Crippen LogP) is 4.22. The number of anilines is 1. The first kappa shape index (κ1) is 19.9. The molecular weight excluding hydrogens is 372 g/mol. The molecule has 0 aromatic heterocycles. The molecule has 2 aliphatic heterocycles. The van der Waals surface area contributed by atoms with E-state index in [1.807, 2.05) is 33.8 Å². The van der Waals surface area contributed by atoms with Gasteiger partial charge in [0.15, 0.2) is 0 Å². The molecule has 2 atom stereocenters. The summed E-state index contributed by atoms with van der Waals surface area (Å²) in [4.78, 5) is 13.0. The fourth-order valence-electron chi connectivity index (χ4n) is 3.87. The highest BCUT2D eigenvalue weighted by Gasteiger charge is 2.55. The van der Waals surface area contributed by atoms with Gasteiger partial charge >= 0.3 is 5.72 Å². The lowest BCUT2D eigenvalue weighted by molar-refractivity contribution is -0.625. The van der Waals surface area contributed by atoms with E-state index in [9.17, 15) is 10.1 Å². The zero-order valence-electron chi connectivity index (χ0n) is 16.0. The van der Waals surface area contributed by atoms with Crippen LogP contribution in [0.25, 0.3) is 0 Å². The first-order chi connectivity index (χ1) is 11.8. The van der Waals surface area contributed by atoms with Crippen LogP contribution in [0.1, 0.15) is 52.7 Å². The average molecular weight is 399 g/mol. The van der Waals surface area contributed by atoms with Crippen molar-refractivity contribution in [2.45, 2.75) is 64.2 Å². The van der Waals surface area contributed by atoms with Crippen molar-refractivity contribution in [3.63, 3.8) is 0 Å². The van der Waals surface area contributed by atoms with Gasteiger partial charge in [0.05, 0.1) is 21.7 Å². The van der Waals surface area contributed by atoms with E-state index >= 15 is 0 Å². The Morgan fingerprint density at radius 3 is 2.12 bits per heavy atom. The van der Waals surface area contributed by atoms with Gasteiger partial charge in [-0.25, -0.2) is 0 Å². The smallest absolute Gasteiger partial charge is 0.327 e. The Bertz CT molecular complexity index is 783. The molecule has 26 heavy (non-hydrogen) atoms. The van der Waals surface area contributed by atoms with Gasteiger partial charge in [0, 0.05) is 34.9 Å². The van der Waals surface area contributed by atoms with Crippen molar-refractivity contribution in [1.82, 2.24) is 0 Å². The molecule has 0 fully saturated rings. The number of fused-ring (bicyclic) bond motifs is 2. The van der Waals surface area contributed by atoms with Crippen LogP contribution in [0, 0.1) is 10.1 Å². The third kappa shape index (κ3) is 2.69. The first-order valence-electron chi connectivity index (χ1n) is 8.57. The van der Waals surface area contributed by atoms with Crippen molar-refractivity contribution < 1.29 is 14.2 Å². The molecule has 2 heterocycles. The Morgan fingerprint density at radius 2 is 1.58 bits per heavy atom. The molecule has 0 aliphatic carbocycles. The zero-order chi connectivity index (χ0) is 19.7. The summed E-state index contributed by atoms with van der Waals surface area (Å²) in [5, 5.41) is 13.8. The number of benzene rings is 1. The van der Waals surface area contributed by atoms with Crippen LogP contribution in [0.4, 0.5) is 11.4 Å². The Balaban J connectivity index is 2.29. The van der Waals surface area contributed by atoms with Gasteiger partial charge in [0.2, 0.25) is 0 Å². The second-order valence-electron chi connectivity index (χ2n) is 8.37. The molecule has 0 radical (unpaired) electrons. The van der Waals surface area contributed by atoms with E-state index in [1.165, 1.54) is 0 Å². The van der Waals surface area contributed by atoms with Crippen molar-refractivity contribution in [1.29, 1.82) is 0 Å². The van der Waals surface area contributed by atoms with Crippen LogP contribution in [-0.4, -0.2) is 27.7 Å². The summed E-state index contributed by atoms with van der Waals surface area (Å²) in [6.45, 7) is 11.1. The Labute approximate surface area is 165 Å². The molecule has 0 bridgehead atoms. The molecule has 1 aromatic carbocycles. The van der Waals surface area contributed by atoms with E-state index in [4.69, 9.17) is 9.47 Å². The largest absolute Gasteiger partial charge is 0.756 e. The number of nitroso groups, excluding NO2 is 1. The maximum absolute atomic E-state index is 13.0. The third-order valence-corrected chi connectivity index (χ3v) is 6.42. The van der Waals surface area contributed by atoms with Crippen molar-refractivity contribution in [3.8, 4) is 0 Å². The molecule has 0 amide bonds. The van der Waals surface area contributed by atoms with Crippen LogP contribution in [0.5, 0.6) is 0 Å². The van der Waals surface area contributed by atoms with Crippen LogP contribution in [0.15, 0.2) is 12.1 Å². The lowest BCUT2D eigenvalue weighted by atomic mass is 9.84. The van der Waals surface area contributed by atoms with E-state index in [0.717, 1.165) is 21.0 Å². The molecule has 6 nitrogen and oxygen atoms in total. The lowest BCUT2D eigenvalue weighted by Crippen LogP contribution is -2.56. The van der Waals surface area contributed by atoms with Gasteiger partial charge in [0.25, 0.3) is 5.69 Å². The Kier molecular flexibility index (Phi) is 4.49. The van der Waals surface area contributed by atoms with Gasteiger partial charge in [-0.1, -0.05) is 0 Å². The van der Waals surface area contributed by atoms with E-state index in [1.54, 1.807) is 19.9 Å². The topological polar surface area (TPSA) is 64.8 Å². The van der Waals surface area contributed by atoms with Crippen LogP contribution in [0.3, 0.4) is 0 Å². The quantitative estimate of drug-likeness (QED) is 0.577. The number of rotatable bonds is 2. The van der Waals surface area contributed by atoms with Gasteiger partial charge in [-0.3, -0.25) is 0 Å². The normalized spacial score (nSPS) is 32.2. The minimum atomic E-state index is -1.12. The SMILES string of the molecule is CC1(C)OC(C)(CS)N([O-])c2cc3c(cc21)C(C)(C)OC(C)(CS)[N+]3=O. The summed E-state index contributed by atoms with van der Waals surface area (Å²) in [6, 6.07) is 3.51. The average Bonchev–Trinajstić information content (AvgIpc) is 2.56. The van der Waals surface area contributed by atoms with Crippen LogP contribution >= 0.6 is 25.3 Å². The molecule has 8 heteroatoms. The van der Waals surface area contributed by atoms with Gasteiger partial charge in [-0.2, -0.15) is 25.3 Å². The summed E-state index contributed by atoms with van der Waals surface area (Å²) in [5.41, 5.74) is -1.35. The van der Waals surface area contributed by atoms with E-state index < -0.39 is 22.7 Å². The first-order valence-corrected chi connectivity index (χ1v) is 9.84. The Hall–Kier alpha value is -0.800. The number of hydrogen-bond donors (Lipinski definition) is 2. The van der Waals surface area contributed by atoms with Crippen molar-refractivity contribution in [2.75, 3.05) is 16.6 Å². The highest BCUT2D eigenvalue weighted by Crippen LogP contribution is 2.51. The second-order valence-corrected chi connectivity index (χ2v) is 9.00. The molecule has 0 spiro atoms. The molecule has 1 aromatic rings. The van der Waals surface area contributed by atoms with Crippen LogP contribution in [-0.2, 0) is 20.7 Å². The maximum atomic E-state index is 13.0. The van der Waals surface area contributed by atoms with Gasteiger partial charge in [0.1, 0.15) is 11.3 Å². The van der Waals surface area contributed by atoms with Crippen LogP contribution in [0.2, 0.25) is 0 Å². The summed E-state index contributed by atoms with van der Waals surface area (Å²) in [7, 11) is 0. The molecule has 0 saturated carbocycles. The number of nitrogens with zero attached hydrogens (tertiary/aromatic N) is 2. The lowest BCUT2D eigenvalue weighted by Gasteiger charge is -2.56. The molecule has 2 unspecified atom stereocenters. The van der Waals surface area contributed by atoms with Gasteiger partial charge in [-0.05, 0) is 40.7 Å². The molecule has 144 valence electrons.